The van der Waals surface area contributed by atoms with Gasteiger partial charge in [-0.1, -0.05) is 18.2 Å². The maximum absolute atomic E-state index is 12.7. The van der Waals surface area contributed by atoms with Gasteiger partial charge in [-0.2, -0.15) is 0 Å². The average molecular weight is 335 g/mol. The molecule has 0 saturated carbocycles. The zero-order valence-corrected chi connectivity index (χ0v) is 14.7. The van der Waals surface area contributed by atoms with Crippen LogP contribution in [0.1, 0.15) is 48.8 Å². The summed E-state index contributed by atoms with van der Waals surface area (Å²) in [4.78, 5) is 14.7. The van der Waals surface area contributed by atoms with Gasteiger partial charge in [-0.25, -0.2) is 0 Å². The molecule has 2 atom stereocenters. The van der Waals surface area contributed by atoms with Gasteiger partial charge in [-0.15, -0.1) is 12.4 Å². The van der Waals surface area contributed by atoms with Crippen molar-refractivity contribution in [1.82, 2.24) is 10.2 Å². The van der Waals surface area contributed by atoms with E-state index in [1.165, 1.54) is 48.8 Å². The van der Waals surface area contributed by atoms with Crippen molar-refractivity contribution in [3.63, 3.8) is 0 Å². The SMILES string of the molecule is CN(C(=O)Cc1ccc2c(c1)CCC2)C1CC2CCC(C1)N2.Cl. The van der Waals surface area contributed by atoms with Crippen LogP contribution in [0, 0.1) is 0 Å². The molecule has 4 heteroatoms. The van der Waals surface area contributed by atoms with Gasteiger partial charge in [-0.05, 0) is 61.6 Å². The van der Waals surface area contributed by atoms with Gasteiger partial charge in [-0.3, -0.25) is 4.79 Å². The van der Waals surface area contributed by atoms with Crippen molar-refractivity contribution in [2.45, 2.75) is 69.5 Å². The van der Waals surface area contributed by atoms with Crippen LogP contribution in [0.15, 0.2) is 18.2 Å². The molecule has 1 aliphatic carbocycles. The summed E-state index contributed by atoms with van der Waals surface area (Å²) in [5.74, 6) is 0.282. The molecular weight excluding hydrogens is 308 g/mol. The summed E-state index contributed by atoms with van der Waals surface area (Å²) in [6, 6.07) is 8.36. The van der Waals surface area contributed by atoms with Crippen molar-refractivity contribution in [2.75, 3.05) is 7.05 Å². The van der Waals surface area contributed by atoms with Crippen molar-refractivity contribution in [2.24, 2.45) is 0 Å². The Morgan fingerprint density at radius 2 is 1.87 bits per heavy atom. The molecule has 2 unspecified atom stereocenters. The Morgan fingerprint density at radius 1 is 1.17 bits per heavy atom. The Hall–Kier alpha value is -1.06. The van der Waals surface area contributed by atoms with Crippen molar-refractivity contribution in [3.8, 4) is 0 Å². The minimum atomic E-state index is 0. The van der Waals surface area contributed by atoms with Crippen LogP contribution in [0.2, 0.25) is 0 Å². The molecule has 0 radical (unpaired) electrons. The first-order valence-electron chi connectivity index (χ1n) is 8.81. The molecule has 0 aromatic heterocycles. The number of nitrogens with zero attached hydrogens (tertiary/aromatic N) is 1. The van der Waals surface area contributed by atoms with Crippen LogP contribution in [0.5, 0.6) is 0 Å². The van der Waals surface area contributed by atoms with Gasteiger partial charge in [0.25, 0.3) is 0 Å². The number of hydrogen-bond acceptors (Lipinski definition) is 2. The number of halogens is 1. The smallest absolute Gasteiger partial charge is 0.226 e. The number of fused-ring (bicyclic) bond motifs is 3. The summed E-state index contributed by atoms with van der Waals surface area (Å²) in [6.45, 7) is 0. The first kappa shape index (κ1) is 16.8. The molecule has 126 valence electrons. The maximum Gasteiger partial charge on any atom is 0.226 e. The number of aryl methyl sites for hydroxylation is 2. The van der Waals surface area contributed by atoms with E-state index in [2.05, 4.69) is 23.5 Å². The van der Waals surface area contributed by atoms with Crippen LogP contribution >= 0.6 is 12.4 Å². The van der Waals surface area contributed by atoms with Gasteiger partial charge in [0.2, 0.25) is 5.91 Å². The van der Waals surface area contributed by atoms with Crippen LogP contribution in [0.3, 0.4) is 0 Å². The Morgan fingerprint density at radius 3 is 2.61 bits per heavy atom. The third-order valence-electron chi connectivity index (χ3n) is 5.91. The number of carbonyl (C=O) groups excluding carboxylic acids is 1. The minimum Gasteiger partial charge on any atom is -0.342 e. The summed E-state index contributed by atoms with van der Waals surface area (Å²) in [6.07, 6.45) is 9.05. The minimum absolute atomic E-state index is 0. The third kappa shape index (κ3) is 3.41. The summed E-state index contributed by atoms with van der Waals surface area (Å²) in [5.41, 5.74) is 4.14. The predicted molar refractivity (Wildman–Crippen MR) is 95.2 cm³/mol. The van der Waals surface area contributed by atoms with Crippen LogP contribution in [-0.2, 0) is 24.1 Å². The van der Waals surface area contributed by atoms with Crippen LogP contribution in [0.25, 0.3) is 0 Å². The van der Waals surface area contributed by atoms with Crippen LogP contribution in [-0.4, -0.2) is 36.0 Å². The fourth-order valence-electron chi connectivity index (χ4n) is 4.58. The topological polar surface area (TPSA) is 32.3 Å². The predicted octanol–water partition coefficient (Wildman–Crippen LogP) is 2.88. The molecule has 4 rings (SSSR count). The number of nitrogens with one attached hydrogen (secondary N) is 1. The highest BCUT2D eigenvalue weighted by atomic mass is 35.5. The van der Waals surface area contributed by atoms with Crippen molar-refractivity contribution < 1.29 is 4.79 Å². The first-order valence-corrected chi connectivity index (χ1v) is 8.81. The van der Waals surface area contributed by atoms with Gasteiger partial charge in [0, 0.05) is 25.2 Å². The molecule has 1 aromatic carbocycles. The van der Waals surface area contributed by atoms with E-state index in [1.807, 2.05) is 11.9 Å². The van der Waals surface area contributed by atoms with Gasteiger partial charge in [0.1, 0.15) is 0 Å². The number of benzene rings is 1. The lowest BCUT2D eigenvalue weighted by molar-refractivity contribution is -0.131. The highest BCUT2D eigenvalue weighted by Crippen LogP contribution is 2.29. The Kier molecular flexibility index (Phi) is 4.98. The molecule has 2 saturated heterocycles. The lowest BCUT2D eigenvalue weighted by atomic mass is 9.97. The standard InChI is InChI=1S/C19H26N2O.ClH/c1-21(18-11-16-7-8-17(12-18)20-16)19(22)10-13-5-6-14-3-2-4-15(14)9-13;/h5-6,9,16-18,20H,2-4,7-8,10-12H2,1H3;1H. The first-order chi connectivity index (χ1) is 10.7. The molecule has 1 aromatic rings. The fraction of sp³-hybridized carbons (Fsp3) is 0.632. The average Bonchev–Trinajstić information content (AvgIpc) is 3.12. The molecule has 0 spiro atoms. The van der Waals surface area contributed by atoms with Gasteiger partial charge >= 0.3 is 0 Å². The number of piperidine rings is 1. The van der Waals surface area contributed by atoms with Gasteiger partial charge in [0.05, 0.1) is 6.42 Å². The van der Waals surface area contributed by atoms with Crippen molar-refractivity contribution in [3.05, 3.63) is 34.9 Å². The van der Waals surface area contributed by atoms with E-state index in [0.29, 0.717) is 24.5 Å². The molecule has 1 N–H and O–H groups in total. The van der Waals surface area contributed by atoms with E-state index in [9.17, 15) is 4.79 Å². The Bertz CT molecular complexity index is 577. The number of carbonyl (C=O) groups is 1. The van der Waals surface area contributed by atoms with Crippen LogP contribution < -0.4 is 5.32 Å². The van der Waals surface area contributed by atoms with Crippen molar-refractivity contribution >= 4 is 18.3 Å². The number of rotatable bonds is 3. The largest absolute Gasteiger partial charge is 0.342 e. The third-order valence-corrected chi connectivity index (χ3v) is 5.91. The highest BCUT2D eigenvalue weighted by Gasteiger charge is 2.36. The second-order valence-electron chi connectivity index (χ2n) is 7.40. The normalized spacial score (nSPS) is 28.1. The van der Waals surface area contributed by atoms with E-state index in [1.54, 1.807) is 0 Å². The summed E-state index contributed by atoms with van der Waals surface area (Å²) in [5, 5.41) is 3.65. The number of likely N-dealkylation sites (N-methyl/N-ethyl adjacent to an activating group) is 1. The molecule has 2 bridgehead atoms. The summed E-state index contributed by atoms with van der Waals surface area (Å²) in [7, 11) is 2.01. The molecule has 2 aliphatic heterocycles. The zero-order valence-electron chi connectivity index (χ0n) is 13.9. The molecule has 3 nitrogen and oxygen atoms in total. The Labute approximate surface area is 145 Å². The number of amides is 1. The molecule has 23 heavy (non-hydrogen) atoms. The maximum atomic E-state index is 12.7. The Balaban J connectivity index is 0.00000156. The molecular formula is C19H27ClN2O. The lowest BCUT2D eigenvalue weighted by Gasteiger charge is -2.35. The zero-order chi connectivity index (χ0) is 15.1. The molecule has 1 amide bonds. The van der Waals surface area contributed by atoms with Crippen molar-refractivity contribution in [1.29, 1.82) is 0 Å². The molecule has 3 aliphatic rings. The van der Waals surface area contributed by atoms with Gasteiger partial charge in [0.15, 0.2) is 0 Å². The second kappa shape index (κ2) is 6.82. The quantitative estimate of drug-likeness (QED) is 0.921. The fourth-order valence-corrected chi connectivity index (χ4v) is 4.58. The molecule has 2 heterocycles. The van der Waals surface area contributed by atoms with E-state index >= 15 is 0 Å². The molecule has 2 fully saturated rings. The summed E-state index contributed by atoms with van der Waals surface area (Å²) >= 11 is 0. The van der Waals surface area contributed by atoms with Crippen LogP contribution in [0.4, 0.5) is 0 Å². The van der Waals surface area contributed by atoms with Gasteiger partial charge < -0.3 is 10.2 Å². The number of hydrogen-bond donors (Lipinski definition) is 1. The van der Waals surface area contributed by atoms with E-state index in [4.69, 9.17) is 0 Å². The van der Waals surface area contributed by atoms with E-state index in [0.717, 1.165) is 12.8 Å². The monoisotopic (exact) mass is 334 g/mol. The summed E-state index contributed by atoms with van der Waals surface area (Å²) < 4.78 is 0. The second-order valence-corrected chi connectivity index (χ2v) is 7.40. The highest BCUT2D eigenvalue weighted by molar-refractivity contribution is 5.85. The lowest BCUT2D eigenvalue weighted by Crippen LogP contribution is -2.49. The van der Waals surface area contributed by atoms with E-state index < -0.39 is 0 Å². The van der Waals surface area contributed by atoms with E-state index in [-0.39, 0.29) is 18.3 Å².